The molecule has 4 heteroatoms. The summed E-state index contributed by atoms with van der Waals surface area (Å²) in [5.41, 5.74) is 6.42. The van der Waals surface area contributed by atoms with Crippen LogP contribution in [0.4, 0.5) is 5.88 Å². The second kappa shape index (κ2) is 4.51. The lowest BCUT2D eigenvalue weighted by molar-refractivity contribution is -0.125. The fourth-order valence-electron chi connectivity index (χ4n) is 4.89. The molecule has 4 saturated carbocycles. The zero-order chi connectivity index (χ0) is 12.8. The van der Waals surface area contributed by atoms with Gasteiger partial charge in [-0.15, -0.1) is 0 Å². The van der Waals surface area contributed by atoms with E-state index in [2.05, 4.69) is 5.16 Å². The van der Waals surface area contributed by atoms with Crippen LogP contribution in [0.1, 0.15) is 37.8 Å². The van der Waals surface area contributed by atoms with Crippen LogP contribution in [0.25, 0.3) is 0 Å². The second-order valence-electron chi connectivity index (χ2n) is 6.74. The Bertz CT molecular complexity index is 429. The van der Waals surface area contributed by atoms with Gasteiger partial charge in [0.15, 0.2) is 0 Å². The highest BCUT2D eigenvalue weighted by atomic mass is 16.5. The molecular formula is C15H22N2O2. The number of nitrogen functional groups attached to an aromatic ring is 1. The van der Waals surface area contributed by atoms with Crippen molar-refractivity contribution in [2.24, 2.45) is 23.7 Å². The molecule has 4 bridgehead atoms. The maximum atomic E-state index is 6.21. The number of rotatable bonds is 4. The SMILES string of the molecule is Nc1cc(CCOC2C3CC4CC(C3)CC2C4)no1. The molecule has 0 unspecified atom stereocenters. The molecule has 1 aromatic heterocycles. The van der Waals surface area contributed by atoms with Crippen molar-refractivity contribution in [1.82, 2.24) is 5.16 Å². The molecule has 0 spiro atoms. The molecule has 4 fully saturated rings. The van der Waals surface area contributed by atoms with E-state index >= 15 is 0 Å². The van der Waals surface area contributed by atoms with Crippen LogP contribution in [0.15, 0.2) is 10.6 Å². The van der Waals surface area contributed by atoms with E-state index < -0.39 is 0 Å². The van der Waals surface area contributed by atoms with Crippen LogP contribution in [-0.2, 0) is 11.2 Å². The molecule has 0 atom stereocenters. The van der Waals surface area contributed by atoms with Crippen LogP contribution in [0.2, 0.25) is 0 Å². The summed E-state index contributed by atoms with van der Waals surface area (Å²) >= 11 is 0. The van der Waals surface area contributed by atoms with E-state index in [9.17, 15) is 0 Å². The molecule has 4 aliphatic rings. The summed E-state index contributed by atoms with van der Waals surface area (Å²) < 4.78 is 11.1. The molecule has 1 heterocycles. The highest BCUT2D eigenvalue weighted by Gasteiger charge is 2.48. The van der Waals surface area contributed by atoms with E-state index in [0.717, 1.165) is 42.4 Å². The number of ether oxygens (including phenoxy) is 1. The summed E-state index contributed by atoms with van der Waals surface area (Å²) in [6.07, 6.45) is 8.46. The summed E-state index contributed by atoms with van der Waals surface area (Å²) in [7, 11) is 0. The van der Waals surface area contributed by atoms with E-state index in [0.29, 0.717) is 12.0 Å². The first-order chi connectivity index (χ1) is 9.28. The van der Waals surface area contributed by atoms with Crippen LogP contribution in [-0.4, -0.2) is 17.9 Å². The predicted octanol–water partition coefficient (Wildman–Crippen LogP) is 2.64. The van der Waals surface area contributed by atoms with E-state index in [1.807, 2.05) is 0 Å². The van der Waals surface area contributed by atoms with Crippen molar-refractivity contribution in [1.29, 1.82) is 0 Å². The van der Waals surface area contributed by atoms with Gasteiger partial charge >= 0.3 is 0 Å². The fourth-order valence-corrected chi connectivity index (χ4v) is 4.89. The summed E-state index contributed by atoms with van der Waals surface area (Å²) in [6.45, 7) is 0.749. The van der Waals surface area contributed by atoms with Crippen molar-refractivity contribution < 1.29 is 9.26 Å². The molecule has 0 radical (unpaired) electrons. The third-order valence-electron chi connectivity index (χ3n) is 5.39. The zero-order valence-corrected chi connectivity index (χ0v) is 11.3. The lowest BCUT2D eigenvalue weighted by Crippen LogP contribution is -2.49. The molecule has 4 nitrogen and oxygen atoms in total. The topological polar surface area (TPSA) is 61.3 Å². The minimum Gasteiger partial charge on any atom is -0.377 e. The number of anilines is 1. The third-order valence-corrected chi connectivity index (χ3v) is 5.39. The Labute approximate surface area is 113 Å². The monoisotopic (exact) mass is 262 g/mol. The fraction of sp³-hybridized carbons (Fsp3) is 0.800. The third kappa shape index (κ3) is 2.16. The van der Waals surface area contributed by atoms with Crippen molar-refractivity contribution in [2.45, 2.75) is 44.6 Å². The van der Waals surface area contributed by atoms with Gasteiger partial charge in [0.05, 0.1) is 18.4 Å². The van der Waals surface area contributed by atoms with Crippen LogP contribution in [0.5, 0.6) is 0 Å². The molecule has 4 aliphatic carbocycles. The summed E-state index contributed by atoms with van der Waals surface area (Å²) in [6, 6.07) is 1.79. The second-order valence-corrected chi connectivity index (χ2v) is 6.74. The predicted molar refractivity (Wildman–Crippen MR) is 71.4 cm³/mol. The van der Waals surface area contributed by atoms with Crippen molar-refractivity contribution in [3.8, 4) is 0 Å². The Hall–Kier alpha value is -1.03. The highest BCUT2D eigenvalue weighted by molar-refractivity contribution is 5.24. The largest absolute Gasteiger partial charge is 0.377 e. The van der Waals surface area contributed by atoms with E-state index in [-0.39, 0.29) is 0 Å². The summed E-state index contributed by atoms with van der Waals surface area (Å²) in [4.78, 5) is 0. The lowest BCUT2D eigenvalue weighted by Gasteiger charge is -2.54. The molecule has 0 aliphatic heterocycles. The zero-order valence-electron chi connectivity index (χ0n) is 11.3. The van der Waals surface area contributed by atoms with Gasteiger partial charge in [0.1, 0.15) is 0 Å². The first kappa shape index (κ1) is 11.8. The molecule has 1 aromatic rings. The van der Waals surface area contributed by atoms with E-state index in [1.165, 1.54) is 32.1 Å². The van der Waals surface area contributed by atoms with Crippen molar-refractivity contribution in [2.75, 3.05) is 12.3 Å². The number of nitrogens with two attached hydrogens (primary N) is 1. The Morgan fingerprint density at radius 2 is 1.84 bits per heavy atom. The average Bonchev–Trinajstić information content (AvgIpc) is 2.78. The van der Waals surface area contributed by atoms with E-state index in [1.54, 1.807) is 6.07 Å². The summed E-state index contributed by atoms with van der Waals surface area (Å²) in [5, 5.41) is 3.91. The van der Waals surface area contributed by atoms with Gasteiger partial charge in [0.25, 0.3) is 0 Å². The van der Waals surface area contributed by atoms with Gasteiger partial charge < -0.3 is 15.0 Å². The van der Waals surface area contributed by atoms with Gasteiger partial charge in [-0.25, -0.2) is 0 Å². The number of hydrogen-bond donors (Lipinski definition) is 1. The Kier molecular flexibility index (Phi) is 2.79. The van der Waals surface area contributed by atoms with Crippen LogP contribution in [0.3, 0.4) is 0 Å². The molecule has 104 valence electrons. The Balaban J connectivity index is 1.33. The van der Waals surface area contributed by atoms with Crippen LogP contribution in [0, 0.1) is 23.7 Å². The smallest absolute Gasteiger partial charge is 0.222 e. The van der Waals surface area contributed by atoms with Gasteiger partial charge in [-0.3, -0.25) is 0 Å². The molecule has 5 rings (SSSR count). The molecule has 2 N–H and O–H groups in total. The first-order valence-electron chi connectivity index (χ1n) is 7.60. The Morgan fingerprint density at radius 3 is 2.42 bits per heavy atom. The quantitative estimate of drug-likeness (QED) is 0.906. The van der Waals surface area contributed by atoms with Crippen molar-refractivity contribution in [3.63, 3.8) is 0 Å². The van der Waals surface area contributed by atoms with Crippen LogP contribution >= 0.6 is 0 Å². The van der Waals surface area contributed by atoms with Gasteiger partial charge in [0, 0.05) is 12.5 Å². The number of hydrogen-bond acceptors (Lipinski definition) is 4. The number of nitrogens with zero attached hydrogens (tertiary/aromatic N) is 1. The minimum absolute atomic E-state index is 0.393. The molecule has 19 heavy (non-hydrogen) atoms. The van der Waals surface area contributed by atoms with Gasteiger partial charge in [0.2, 0.25) is 5.88 Å². The molecular weight excluding hydrogens is 240 g/mol. The van der Waals surface area contributed by atoms with Crippen LogP contribution < -0.4 is 5.73 Å². The molecule has 0 aromatic carbocycles. The normalized spacial score (nSPS) is 39.9. The highest BCUT2D eigenvalue weighted by Crippen LogP contribution is 2.54. The maximum Gasteiger partial charge on any atom is 0.222 e. The average molecular weight is 262 g/mol. The van der Waals surface area contributed by atoms with E-state index in [4.69, 9.17) is 15.0 Å². The maximum absolute atomic E-state index is 6.21. The van der Waals surface area contributed by atoms with Gasteiger partial charge in [-0.2, -0.15) is 0 Å². The van der Waals surface area contributed by atoms with Gasteiger partial charge in [-0.1, -0.05) is 5.16 Å². The standard InChI is InChI=1S/C15H22N2O2/c16-14-8-13(17-19-14)1-2-18-15-11-4-9-3-10(6-11)7-12(15)5-9/h8-12,15H,1-7,16H2. The minimum atomic E-state index is 0.393. The Morgan fingerprint density at radius 1 is 1.16 bits per heavy atom. The number of aromatic nitrogens is 1. The lowest BCUT2D eigenvalue weighted by atomic mass is 9.55. The van der Waals surface area contributed by atoms with Crippen molar-refractivity contribution >= 4 is 5.88 Å². The molecule has 0 amide bonds. The van der Waals surface area contributed by atoms with Crippen molar-refractivity contribution in [3.05, 3.63) is 11.8 Å². The summed E-state index contributed by atoms with van der Waals surface area (Å²) in [5.74, 6) is 4.08. The van der Waals surface area contributed by atoms with Gasteiger partial charge in [-0.05, 0) is 55.8 Å². The first-order valence-corrected chi connectivity index (χ1v) is 7.60. The molecule has 0 saturated heterocycles.